The van der Waals surface area contributed by atoms with Gasteiger partial charge in [0.1, 0.15) is 0 Å². The maximum absolute atomic E-state index is 11.8. The average Bonchev–Trinajstić information content (AvgIpc) is 2.38. The largest absolute Gasteiger partial charge is 0.368 e. The minimum absolute atomic E-state index is 0.0134. The Morgan fingerprint density at radius 1 is 1.17 bits per heavy atom. The van der Waals surface area contributed by atoms with Gasteiger partial charge in [-0.2, -0.15) is 0 Å². The van der Waals surface area contributed by atoms with Crippen LogP contribution in [-0.4, -0.2) is 53.8 Å². The van der Waals surface area contributed by atoms with Crippen LogP contribution >= 0.6 is 0 Å². The molecule has 1 atom stereocenters. The van der Waals surface area contributed by atoms with Gasteiger partial charge in [0.15, 0.2) is 0 Å². The van der Waals surface area contributed by atoms with Crippen LogP contribution in [0.15, 0.2) is 24.3 Å². The number of piperazine rings is 1. The topological polar surface area (TPSA) is 66.6 Å². The smallest absolute Gasteiger partial charge is 0.246 e. The number of carbonyl (C=O) groups excluding carboxylic acids is 2. The lowest BCUT2D eigenvalue weighted by Gasteiger charge is -2.36. The van der Waals surface area contributed by atoms with Crippen molar-refractivity contribution >= 4 is 11.8 Å². The van der Waals surface area contributed by atoms with Gasteiger partial charge < -0.3 is 10.6 Å². The molecular weight excluding hydrogens is 230 g/mol. The van der Waals surface area contributed by atoms with E-state index in [0.717, 1.165) is 0 Å². The minimum Gasteiger partial charge on any atom is -0.368 e. The van der Waals surface area contributed by atoms with E-state index in [0.29, 0.717) is 26.2 Å². The van der Waals surface area contributed by atoms with Crippen molar-refractivity contribution in [1.82, 2.24) is 9.80 Å². The molecule has 1 heterocycles. The molecule has 5 heteroatoms. The van der Waals surface area contributed by atoms with Crippen molar-refractivity contribution < 1.29 is 9.59 Å². The highest BCUT2D eigenvalue weighted by Gasteiger charge is 2.25. The predicted octanol–water partition coefficient (Wildman–Crippen LogP) is 0.137. The molecule has 0 radical (unpaired) electrons. The van der Waals surface area contributed by atoms with E-state index in [1.54, 1.807) is 24.0 Å². The Kier molecular flexibility index (Phi) is 5.58. The average molecular weight is 251 g/mol. The Morgan fingerprint density at radius 2 is 1.78 bits per heavy atom. The molecule has 0 aromatic carbocycles. The normalized spacial score (nSPS) is 19.6. The van der Waals surface area contributed by atoms with Crippen LogP contribution in [0.2, 0.25) is 0 Å². The van der Waals surface area contributed by atoms with Crippen LogP contribution in [0, 0.1) is 0 Å². The summed E-state index contributed by atoms with van der Waals surface area (Å²) in [6, 6.07) is -0.263. The quantitative estimate of drug-likeness (QED) is 0.571. The molecule has 1 rings (SSSR count). The molecule has 0 bridgehead atoms. The van der Waals surface area contributed by atoms with Gasteiger partial charge in [-0.05, 0) is 13.8 Å². The van der Waals surface area contributed by atoms with Crippen molar-refractivity contribution in [3.05, 3.63) is 24.3 Å². The number of carbonyl (C=O) groups is 2. The highest BCUT2D eigenvalue weighted by molar-refractivity contribution is 5.88. The van der Waals surface area contributed by atoms with E-state index in [1.807, 2.05) is 24.0 Å². The maximum Gasteiger partial charge on any atom is 0.246 e. The summed E-state index contributed by atoms with van der Waals surface area (Å²) in [6.07, 6.45) is 6.99. The zero-order valence-electron chi connectivity index (χ0n) is 11.0. The van der Waals surface area contributed by atoms with E-state index in [2.05, 4.69) is 0 Å². The summed E-state index contributed by atoms with van der Waals surface area (Å²) in [6.45, 7) is 6.35. The number of hydrogen-bond acceptors (Lipinski definition) is 3. The van der Waals surface area contributed by atoms with Crippen molar-refractivity contribution in [3.8, 4) is 0 Å². The molecule has 5 nitrogen and oxygen atoms in total. The van der Waals surface area contributed by atoms with Crippen molar-refractivity contribution in [2.75, 3.05) is 26.2 Å². The second-order valence-electron chi connectivity index (χ2n) is 4.32. The van der Waals surface area contributed by atoms with Crippen LogP contribution in [0.4, 0.5) is 0 Å². The Bertz CT molecular complexity index is 355. The molecule has 0 saturated carbocycles. The van der Waals surface area contributed by atoms with E-state index in [1.165, 1.54) is 0 Å². The summed E-state index contributed by atoms with van der Waals surface area (Å²) in [5, 5.41) is 0. The molecule has 2 amide bonds. The first-order valence-electron chi connectivity index (χ1n) is 6.18. The summed E-state index contributed by atoms with van der Waals surface area (Å²) in [5.74, 6) is -0.303. The fourth-order valence-corrected chi connectivity index (χ4v) is 1.86. The molecule has 1 aliphatic rings. The van der Waals surface area contributed by atoms with Gasteiger partial charge in [-0.1, -0.05) is 18.2 Å². The first-order chi connectivity index (χ1) is 8.56. The minimum atomic E-state index is -0.317. The highest BCUT2D eigenvalue weighted by atomic mass is 16.2. The standard InChI is InChI=1S/C13H21N3O2/c1-3-4-5-6-12(17)16-9-7-15(8-10-16)11(2)13(14)18/h3-6,11H,7-10H2,1-2H3,(H2,14,18)/b4-3+,6-5-/t11-/m0/s1. The van der Waals surface area contributed by atoms with Crippen molar-refractivity contribution in [2.45, 2.75) is 19.9 Å². The predicted molar refractivity (Wildman–Crippen MR) is 70.8 cm³/mol. The van der Waals surface area contributed by atoms with Gasteiger partial charge >= 0.3 is 0 Å². The van der Waals surface area contributed by atoms with Gasteiger partial charge in [0.05, 0.1) is 6.04 Å². The molecule has 0 unspecified atom stereocenters. The van der Waals surface area contributed by atoms with Crippen LogP contribution < -0.4 is 5.73 Å². The van der Waals surface area contributed by atoms with E-state index in [9.17, 15) is 9.59 Å². The van der Waals surface area contributed by atoms with Gasteiger partial charge in [0.2, 0.25) is 11.8 Å². The summed E-state index contributed by atoms with van der Waals surface area (Å²) in [5.41, 5.74) is 5.26. The van der Waals surface area contributed by atoms with Crippen LogP contribution in [0.5, 0.6) is 0 Å². The van der Waals surface area contributed by atoms with E-state index in [4.69, 9.17) is 5.73 Å². The van der Waals surface area contributed by atoms with Crippen molar-refractivity contribution in [2.24, 2.45) is 5.73 Å². The van der Waals surface area contributed by atoms with Crippen molar-refractivity contribution in [3.63, 3.8) is 0 Å². The Balaban J connectivity index is 2.44. The van der Waals surface area contributed by atoms with Crippen LogP contribution in [0.25, 0.3) is 0 Å². The molecular formula is C13H21N3O2. The Morgan fingerprint density at radius 3 is 2.28 bits per heavy atom. The molecule has 0 aliphatic carbocycles. The second-order valence-corrected chi connectivity index (χ2v) is 4.32. The third-order valence-electron chi connectivity index (χ3n) is 3.13. The van der Waals surface area contributed by atoms with E-state index < -0.39 is 0 Å². The zero-order valence-corrected chi connectivity index (χ0v) is 11.0. The monoisotopic (exact) mass is 251 g/mol. The van der Waals surface area contributed by atoms with Gasteiger partial charge in [-0.3, -0.25) is 14.5 Å². The van der Waals surface area contributed by atoms with E-state index in [-0.39, 0.29) is 17.9 Å². The molecule has 1 fully saturated rings. The number of primary amides is 1. The van der Waals surface area contributed by atoms with Gasteiger partial charge in [0.25, 0.3) is 0 Å². The maximum atomic E-state index is 11.8. The Labute approximate surface area is 108 Å². The van der Waals surface area contributed by atoms with Gasteiger partial charge in [0, 0.05) is 32.3 Å². The van der Waals surface area contributed by atoms with Crippen molar-refractivity contribution in [1.29, 1.82) is 0 Å². The molecule has 2 N–H and O–H groups in total. The van der Waals surface area contributed by atoms with E-state index >= 15 is 0 Å². The lowest BCUT2D eigenvalue weighted by molar-refractivity contribution is -0.129. The molecule has 100 valence electrons. The Hall–Kier alpha value is -1.62. The van der Waals surface area contributed by atoms with Crippen LogP contribution in [0.3, 0.4) is 0 Å². The van der Waals surface area contributed by atoms with Crippen LogP contribution in [-0.2, 0) is 9.59 Å². The number of rotatable bonds is 4. The second kappa shape index (κ2) is 6.96. The lowest BCUT2D eigenvalue weighted by atomic mass is 10.2. The summed E-state index contributed by atoms with van der Waals surface area (Å²) < 4.78 is 0. The molecule has 0 aromatic rings. The number of nitrogens with zero attached hydrogens (tertiary/aromatic N) is 2. The first kappa shape index (κ1) is 14.4. The molecule has 0 aromatic heterocycles. The number of allylic oxidation sites excluding steroid dienone is 3. The van der Waals surface area contributed by atoms with Gasteiger partial charge in [-0.25, -0.2) is 0 Å². The summed E-state index contributed by atoms with van der Waals surface area (Å²) >= 11 is 0. The number of amides is 2. The first-order valence-corrected chi connectivity index (χ1v) is 6.18. The number of nitrogens with two attached hydrogens (primary N) is 1. The lowest BCUT2D eigenvalue weighted by Crippen LogP contribution is -2.54. The summed E-state index contributed by atoms with van der Waals surface area (Å²) in [7, 11) is 0. The molecule has 1 saturated heterocycles. The highest BCUT2D eigenvalue weighted by Crippen LogP contribution is 2.06. The van der Waals surface area contributed by atoms with Gasteiger partial charge in [-0.15, -0.1) is 0 Å². The third kappa shape index (κ3) is 4.00. The third-order valence-corrected chi connectivity index (χ3v) is 3.13. The zero-order chi connectivity index (χ0) is 13.5. The molecule has 1 aliphatic heterocycles. The fourth-order valence-electron chi connectivity index (χ4n) is 1.86. The van der Waals surface area contributed by atoms with Crippen LogP contribution in [0.1, 0.15) is 13.8 Å². The number of hydrogen-bond donors (Lipinski definition) is 1. The SMILES string of the molecule is C/C=C/C=C\C(=O)N1CCN([C@@H](C)C(N)=O)CC1. The fraction of sp³-hybridized carbons (Fsp3) is 0.538. The molecule has 0 spiro atoms. The molecule has 18 heavy (non-hydrogen) atoms. The summed E-state index contributed by atoms with van der Waals surface area (Å²) in [4.78, 5) is 26.6.